The zero-order valence-electron chi connectivity index (χ0n) is 4.72. The van der Waals surface area contributed by atoms with Gasteiger partial charge in [-0.3, -0.25) is 4.79 Å². The predicted molar refractivity (Wildman–Crippen MR) is 28.6 cm³/mol. The van der Waals surface area contributed by atoms with Crippen molar-refractivity contribution >= 4 is 5.97 Å². The maximum Gasteiger partial charge on any atom is 0.309 e. The molecule has 0 aromatic carbocycles. The zero-order chi connectivity index (χ0) is 6.15. The lowest BCUT2D eigenvalue weighted by Crippen LogP contribution is -2.54. The summed E-state index contributed by atoms with van der Waals surface area (Å²) in [6, 6.07) is 0.174. The topological polar surface area (TPSA) is 49.3 Å². The second kappa shape index (κ2) is 1.74. The molecule has 1 saturated heterocycles. The average molecular weight is 115 g/mol. The Morgan fingerprint density at radius 1 is 1.88 bits per heavy atom. The quantitative estimate of drug-likeness (QED) is 0.492. The van der Waals surface area contributed by atoms with Gasteiger partial charge in [0.1, 0.15) is 0 Å². The third-order valence-electron chi connectivity index (χ3n) is 1.58. The molecule has 1 rings (SSSR count). The minimum Gasteiger partial charge on any atom is -0.481 e. The fourth-order valence-corrected chi connectivity index (χ4v) is 0.773. The lowest BCUT2D eigenvalue weighted by molar-refractivity contribution is -0.145. The molecule has 1 aliphatic rings. The van der Waals surface area contributed by atoms with Gasteiger partial charge in [-0.1, -0.05) is 0 Å². The monoisotopic (exact) mass is 115 g/mol. The van der Waals surface area contributed by atoms with E-state index in [1.807, 2.05) is 6.92 Å². The summed E-state index contributed by atoms with van der Waals surface area (Å²) in [6.07, 6.45) is 0. The highest BCUT2D eigenvalue weighted by Gasteiger charge is 2.31. The number of aliphatic carboxylic acids is 1. The summed E-state index contributed by atoms with van der Waals surface area (Å²) in [7, 11) is 0. The number of rotatable bonds is 1. The van der Waals surface area contributed by atoms with Gasteiger partial charge in [-0.05, 0) is 6.92 Å². The van der Waals surface area contributed by atoms with E-state index in [9.17, 15) is 4.79 Å². The molecular weight excluding hydrogens is 106 g/mol. The van der Waals surface area contributed by atoms with Gasteiger partial charge in [0.2, 0.25) is 0 Å². The Morgan fingerprint density at radius 2 is 2.50 bits per heavy atom. The Morgan fingerprint density at radius 3 is 2.50 bits per heavy atom. The van der Waals surface area contributed by atoms with Crippen molar-refractivity contribution in [2.45, 2.75) is 13.0 Å². The van der Waals surface area contributed by atoms with Crippen molar-refractivity contribution in [1.82, 2.24) is 5.32 Å². The molecule has 2 atom stereocenters. The first-order valence-electron chi connectivity index (χ1n) is 2.68. The normalized spacial score (nSPS) is 36.1. The Kier molecular flexibility index (Phi) is 1.21. The van der Waals surface area contributed by atoms with E-state index in [0.29, 0.717) is 6.54 Å². The van der Waals surface area contributed by atoms with Gasteiger partial charge >= 0.3 is 5.97 Å². The van der Waals surface area contributed by atoms with Gasteiger partial charge in [-0.25, -0.2) is 0 Å². The van der Waals surface area contributed by atoms with E-state index in [-0.39, 0.29) is 12.0 Å². The molecule has 3 nitrogen and oxygen atoms in total. The Bertz CT molecular complexity index is 113. The van der Waals surface area contributed by atoms with Gasteiger partial charge in [0.15, 0.2) is 0 Å². The van der Waals surface area contributed by atoms with Crippen LogP contribution in [0.4, 0.5) is 0 Å². The van der Waals surface area contributed by atoms with Crippen LogP contribution in [0.2, 0.25) is 0 Å². The van der Waals surface area contributed by atoms with Gasteiger partial charge < -0.3 is 10.4 Å². The molecule has 0 spiro atoms. The molecule has 0 aromatic rings. The van der Waals surface area contributed by atoms with Crippen LogP contribution < -0.4 is 5.32 Å². The highest BCUT2D eigenvalue weighted by molar-refractivity contribution is 5.72. The minimum atomic E-state index is -0.684. The third-order valence-corrected chi connectivity index (χ3v) is 1.58. The second-order valence-electron chi connectivity index (χ2n) is 2.14. The van der Waals surface area contributed by atoms with E-state index in [4.69, 9.17) is 5.11 Å². The Labute approximate surface area is 47.7 Å². The Balaban J connectivity index is 2.37. The highest BCUT2D eigenvalue weighted by atomic mass is 16.4. The van der Waals surface area contributed by atoms with Crippen molar-refractivity contribution in [3.63, 3.8) is 0 Å². The van der Waals surface area contributed by atoms with Crippen LogP contribution in [0.5, 0.6) is 0 Å². The van der Waals surface area contributed by atoms with E-state index in [0.717, 1.165) is 0 Å². The molecule has 1 aliphatic heterocycles. The van der Waals surface area contributed by atoms with Crippen LogP contribution in [0.1, 0.15) is 6.92 Å². The molecule has 0 aliphatic carbocycles. The second-order valence-corrected chi connectivity index (χ2v) is 2.14. The first-order valence-corrected chi connectivity index (χ1v) is 2.68. The number of hydrogen-bond donors (Lipinski definition) is 2. The summed E-state index contributed by atoms with van der Waals surface area (Å²) in [5, 5.41) is 11.3. The van der Waals surface area contributed by atoms with Crippen molar-refractivity contribution in [3.8, 4) is 0 Å². The van der Waals surface area contributed by atoms with Crippen molar-refractivity contribution in [2.75, 3.05) is 6.54 Å². The predicted octanol–water partition coefficient (Wildman–Crippen LogP) is -0.321. The van der Waals surface area contributed by atoms with Gasteiger partial charge in [0, 0.05) is 12.6 Å². The number of nitrogens with one attached hydrogen (secondary N) is 1. The summed E-state index contributed by atoms with van der Waals surface area (Å²) in [4.78, 5) is 10.2. The van der Waals surface area contributed by atoms with Gasteiger partial charge in [0.25, 0.3) is 0 Å². The summed E-state index contributed by atoms with van der Waals surface area (Å²) < 4.78 is 0. The lowest BCUT2D eigenvalue weighted by Gasteiger charge is -2.31. The molecule has 0 amide bonds. The highest BCUT2D eigenvalue weighted by Crippen LogP contribution is 2.11. The fraction of sp³-hybridized carbons (Fsp3) is 0.800. The van der Waals surface area contributed by atoms with Gasteiger partial charge in [-0.2, -0.15) is 0 Å². The zero-order valence-corrected chi connectivity index (χ0v) is 4.72. The first kappa shape index (κ1) is 5.56. The van der Waals surface area contributed by atoms with Crippen molar-refractivity contribution in [2.24, 2.45) is 5.92 Å². The summed E-state index contributed by atoms with van der Waals surface area (Å²) >= 11 is 0. The molecule has 8 heavy (non-hydrogen) atoms. The van der Waals surface area contributed by atoms with E-state index in [1.165, 1.54) is 0 Å². The molecular formula is C5H9NO2. The first-order chi connectivity index (χ1) is 3.72. The standard InChI is InChI=1S/C5H9NO2/c1-3-4(2-6-3)5(7)8/h3-4,6H,2H2,1H3,(H,7,8)/t3-,4?/m0/s1. The number of carbonyl (C=O) groups is 1. The molecule has 0 saturated carbocycles. The molecule has 0 bridgehead atoms. The fourth-order valence-electron chi connectivity index (χ4n) is 0.773. The molecule has 3 heteroatoms. The van der Waals surface area contributed by atoms with Crippen LogP contribution in [0.25, 0.3) is 0 Å². The van der Waals surface area contributed by atoms with Crippen LogP contribution in [0, 0.1) is 5.92 Å². The SMILES string of the molecule is C[C@@H]1NCC1C(=O)O. The minimum absolute atomic E-state index is 0.144. The summed E-state index contributed by atoms with van der Waals surface area (Å²) in [5.41, 5.74) is 0. The van der Waals surface area contributed by atoms with Crippen LogP contribution in [0.3, 0.4) is 0 Å². The summed E-state index contributed by atoms with van der Waals surface area (Å²) in [6.45, 7) is 2.51. The van der Waals surface area contributed by atoms with E-state index in [1.54, 1.807) is 0 Å². The third kappa shape index (κ3) is 0.690. The van der Waals surface area contributed by atoms with E-state index in [2.05, 4.69) is 5.32 Å². The molecule has 1 heterocycles. The maximum absolute atomic E-state index is 10.2. The summed E-state index contributed by atoms with van der Waals surface area (Å²) in [5.74, 6) is -0.828. The Hall–Kier alpha value is -0.570. The van der Waals surface area contributed by atoms with E-state index < -0.39 is 5.97 Å². The van der Waals surface area contributed by atoms with Gasteiger partial charge in [-0.15, -0.1) is 0 Å². The van der Waals surface area contributed by atoms with Crippen molar-refractivity contribution < 1.29 is 9.90 Å². The van der Waals surface area contributed by atoms with Crippen LogP contribution >= 0.6 is 0 Å². The van der Waals surface area contributed by atoms with Crippen LogP contribution in [-0.2, 0) is 4.79 Å². The average Bonchev–Trinajstić information content (AvgIpc) is 1.61. The number of carboxylic acids is 1. The molecule has 2 N–H and O–H groups in total. The smallest absolute Gasteiger partial charge is 0.309 e. The van der Waals surface area contributed by atoms with Gasteiger partial charge in [0.05, 0.1) is 5.92 Å². The van der Waals surface area contributed by atoms with Crippen LogP contribution in [-0.4, -0.2) is 23.7 Å². The van der Waals surface area contributed by atoms with Crippen molar-refractivity contribution in [1.29, 1.82) is 0 Å². The maximum atomic E-state index is 10.2. The van der Waals surface area contributed by atoms with Crippen molar-refractivity contribution in [3.05, 3.63) is 0 Å². The lowest BCUT2D eigenvalue weighted by atomic mass is 9.94. The molecule has 1 fully saturated rings. The molecule has 46 valence electrons. The van der Waals surface area contributed by atoms with E-state index >= 15 is 0 Å². The van der Waals surface area contributed by atoms with Crippen LogP contribution in [0.15, 0.2) is 0 Å². The molecule has 0 aromatic heterocycles. The molecule has 0 radical (unpaired) electrons. The molecule has 1 unspecified atom stereocenters. The number of carboxylic acid groups (broad SMARTS) is 1. The number of hydrogen-bond acceptors (Lipinski definition) is 2. The largest absolute Gasteiger partial charge is 0.481 e.